The fourth-order valence-electron chi connectivity index (χ4n) is 1.98. The van der Waals surface area contributed by atoms with Gasteiger partial charge in [-0.25, -0.2) is 5.14 Å². The average molecular weight is 220 g/mol. The maximum Gasteiger partial charge on any atom is 0.274 e. The van der Waals surface area contributed by atoms with E-state index in [0.29, 0.717) is 0 Å². The molecule has 0 spiro atoms. The molecule has 5 heteroatoms. The lowest BCUT2D eigenvalue weighted by Gasteiger charge is -2.15. The maximum atomic E-state index is 10.9. The molecule has 0 aliphatic heterocycles. The van der Waals surface area contributed by atoms with Crippen LogP contribution in [0.5, 0.6) is 0 Å². The number of rotatable bonds is 2. The summed E-state index contributed by atoms with van der Waals surface area (Å²) in [5.41, 5.74) is 0. The van der Waals surface area contributed by atoms with Crippen LogP contribution in [-0.2, 0) is 10.2 Å². The zero-order valence-electron chi connectivity index (χ0n) is 8.54. The highest BCUT2D eigenvalue weighted by Crippen LogP contribution is 2.17. The quantitative estimate of drug-likeness (QED) is 0.736. The van der Waals surface area contributed by atoms with Crippen molar-refractivity contribution in [1.29, 1.82) is 0 Å². The van der Waals surface area contributed by atoms with Gasteiger partial charge in [-0.1, -0.05) is 38.5 Å². The van der Waals surface area contributed by atoms with Gasteiger partial charge in [0.15, 0.2) is 0 Å². The molecule has 1 rings (SSSR count). The van der Waals surface area contributed by atoms with Gasteiger partial charge in [0.1, 0.15) is 0 Å². The second-order valence-electron chi connectivity index (χ2n) is 4.06. The molecule has 0 radical (unpaired) electrons. The molecule has 0 bridgehead atoms. The molecular formula is C9H20N2O2S. The summed E-state index contributed by atoms with van der Waals surface area (Å²) in [6.07, 6.45) is 9.04. The van der Waals surface area contributed by atoms with E-state index in [0.717, 1.165) is 25.7 Å². The van der Waals surface area contributed by atoms with Crippen molar-refractivity contribution in [2.75, 3.05) is 0 Å². The Morgan fingerprint density at radius 2 is 1.36 bits per heavy atom. The van der Waals surface area contributed by atoms with Crippen LogP contribution in [0.3, 0.4) is 0 Å². The fraction of sp³-hybridized carbons (Fsp3) is 1.00. The van der Waals surface area contributed by atoms with Crippen LogP contribution in [0.2, 0.25) is 0 Å². The van der Waals surface area contributed by atoms with Crippen molar-refractivity contribution in [3.05, 3.63) is 0 Å². The van der Waals surface area contributed by atoms with Gasteiger partial charge in [-0.3, -0.25) is 0 Å². The van der Waals surface area contributed by atoms with E-state index < -0.39 is 10.2 Å². The molecule has 0 heterocycles. The Bertz CT molecular complexity index is 242. The Morgan fingerprint density at radius 3 is 1.79 bits per heavy atom. The molecule has 0 amide bonds. The first-order chi connectivity index (χ1) is 6.58. The van der Waals surface area contributed by atoms with Crippen molar-refractivity contribution in [3.8, 4) is 0 Å². The summed E-state index contributed by atoms with van der Waals surface area (Å²) in [7, 11) is -3.51. The average Bonchev–Trinajstić information content (AvgIpc) is 2.15. The maximum absolute atomic E-state index is 10.9. The topological polar surface area (TPSA) is 72.2 Å². The predicted octanol–water partition coefficient (Wildman–Crippen LogP) is 1.28. The van der Waals surface area contributed by atoms with E-state index in [2.05, 4.69) is 4.72 Å². The Kier molecular flexibility index (Phi) is 4.84. The Morgan fingerprint density at radius 1 is 0.929 bits per heavy atom. The van der Waals surface area contributed by atoms with Gasteiger partial charge in [-0.05, 0) is 12.8 Å². The first kappa shape index (κ1) is 11.9. The standard InChI is InChI=1S/C9H20N2O2S/c10-14(12,13)11-9-7-5-3-1-2-4-6-8-9/h9,11H,1-8H2,(H2,10,12,13). The van der Waals surface area contributed by atoms with Crippen LogP contribution in [0.1, 0.15) is 51.4 Å². The second kappa shape index (κ2) is 5.68. The summed E-state index contributed by atoms with van der Waals surface area (Å²) in [5, 5.41) is 4.96. The summed E-state index contributed by atoms with van der Waals surface area (Å²) in [4.78, 5) is 0. The lowest BCUT2D eigenvalue weighted by molar-refractivity contribution is 0.482. The largest absolute Gasteiger partial charge is 0.274 e. The molecule has 0 unspecified atom stereocenters. The zero-order valence-corrected chi connectivity index (χ0v) is 9.35. The van der Waals surface area contributed by atoms with Gasteiger partial charge < -0.3 is 0 Å². The first-order valence-electron chi connectivity index (χ1n) is 5.38. The number of hydrogen-bond donors (Lipinski definition) is 2. The van der Waals surface area contributed by atoms with Gasteiger partial charge in [0.05, 0.1) is 0 Å². The van der Waals surface area contributed by atoms with E-state index in [4.69, 9.17) is 5.14 Å². The van der Waals surface area contributed by atoms with Gasteiger partial charge in [0.2, 0.25) is 0 Å². The Balaban J connectivity index is 2.40. The molecular weight excluding hydrogens is 200 g/mol. The molecule has 1 fully saturated rings. The van der Waals surface area contributed by atoms with Crippen LogP contribution in [0.25, 0.3) is 0 Å². The normalized spacial score (nSPS) is 22.4. The molecule has 0 saturated heterocycles. The molecule has 14 heavy (non-hydrogen) atoms. The highest BCUT2D eigenvalue weighted by atomic mass is 32.2. The molecule has 0 aromatic heterocycles. The third-order valence-corrected chi connectivity index (χ3v) is 3.35. The van der Waals surface area contributed by atoms with Crippen LogP contribution in [0.4, 0.5) is 0 Å². The second-order valence-corrected chi connectivity index (χ2v) is 5.38. The van der Waals surface area contributed by atoms with E-state index >= 15 is 0 Å². The van der Waals surface area contributed by atoms with Gasteiger partial charge in [-0.15, -0.1) is 0 Å². The van der Waals surface area contributed by atoms with Crippen LogP contribution >= 0.6 is 0 Å². The summed E-state index contributed by atoms with van der Waals surface area (Å²) in [5.74, 6) is 0. The van der Waals surface area contributed by atoms with E-state index in [-0.39, 0.29) is 6.04 Å². The van der Waals surface area contributed by atoms with Crippen LogP contribution in [0, 0.1) is 0 Å². The van der Waals surface area contributed by atoms with Crippen LogP contribution in [0.15, 0.2) is 0 Å². The van der Waals surface area contributed by atoms with E-state index in [1.807, 2.05) is 0 Å². The highest BCUT2D eigenvalue weighted by molar-refractivity contribution is 7.87. The minimum Gasteiger partial charge on any atom is -0.216 e. The Hall–Kier alpha value is -0.130. The SMILES string of the molecule is NS(=O)(=O)NC1CCCCCCCC1. The predicted molar refractivity (Wildman–Crippen MR) is 57.0 cm³/mol. The van der Waals surface area contributed by atoms with Crippen molar-refractivity contribution in [3.63, 3.8) is 0 Å². The van der Waals surface area contributed by atoms with Crippen molar-refractivity contribution in [1.82, 2.24) is 4.72 Å². The number of nitrogens with one attached hydrogen (secondary N) is 1. The molecule has 1 aliphatic rings. The van der Waals surface area contributed by atoms with E-state index in [1.54, 1.807) is 0 Å². The molecule has 0 atom stereocenters. The molecule has 84 valence electrons. The third-order valence-electron chi connectivity index (χ3n) is 2.69. The lowest BCUT2D eigenvalue weighted by atomic mass is 10.1. The number of hydrogen-bond acceptors (Lipinski definition) is 2. The zero-order chi connectivity index (χ0) is 10.4. The van der Waals surface area contributed by atoms with Gasteiger partial charge >= 0.3 is 0 Å². The molecule has 4 nitrogen and oxygen atoms in total. The summed E-state index contributed by atoms with van der Waals surface area (Å²) in [6.45, 7) is 0. The van der Waals surface area contributed by atoms with E-state index in [9.17, 15) is 8.42 Å². The van der Waals surface area contributed by atoms with Crippen LogP contribution < -0.4 is 9.86 Å². The minimum absolute atomic E-state index is 0.0584. The summed E-state index contributed by atoms with van der Waals surface area (Å²) >= 11 is 0. The molecule has 0 aromatic carbocycles. The first-order valence-corrected chi connectivity index (χ1v) is 6.92. The fourth-order valence-corrected chi connectivity index (χ4v) is 2.68. The molecule has 0 aromatic rings. The van der Waals surface area contributed by atoms with Crippen molar-refractivity contribution in [2.45, 2.75) is 57.4 Å². The van der Waals surface area contributed by atoms with Crippen molar-refractivity contribution < 1.29 is 8.42 Å². The van der Waals surface area contributed by atoms with Gasteiger partial charge in [0.25, 0.3) is 10.2 Å². The summed E-state index contributed by atoms with van der Waals surface area (Å²) < 4.78 is 24.2. The highest BCUT2D eigenvalue weighted by Gasteiger charge is 2.14. The summed E-state index contributed by atoms with van der Waals surface area (Å²) in [6, 6.07) is 0.0584. The molecule has 1 aliphatic carbocycles. The van der Waals surface area contributed by atoms with Gasteiger partial charge in [0, 0.05) is 6.04 Å². The Labute approximate surface area is 86.4 Å². The van der Waals surface area contributed by atoms with Crippen LogP contribution in [-0.4, -0.2) is 14.5 Å². The lowest BCUT2D eigenvalue weighted by Crippen LogP contribution is -2.39. The monoisotopic (exact) mass is 220 g/mol. The van der Waals surface area contributed by atoms with Crippen molar-refractivity contribution in [2.24, 2.45) is 5.14 Å². The van der Waals surface area contributed by atoms with E-state index in [1.165, 1.54) is 25.7 Å². The number of nitrogens with two attached hydrogens (primary N) is 1. The molecule has 1 saturated carbocycles. The van der Waals surface area contributed by atoms with Crippen molar-refractivity contribution >= 4 is 10.2 Å². The molecule has 3 N–H and O–H groups in total. The smallest absolute Gasteiger partial charge is 0.216 e. The third kappa shape index (κ3) is 5.57. The van der Waals surface area contributed by atoms with Gasteiger partial charge in [-0.2, -0.15) is 13.1 Å². The minimum atomic E-state index is -3.51.